The van der Waals surface area contributed by atoms with Gasteiger partial charge in [-0.05, 0) is 55.5 Å². The van der Waals surface area contributed by atoms with Crippen molar-refractivity contribution in [2.45, 2.75) is 46.1 Å². The molecular weight excluding hydrogens is 198 g/mol. The van der Waals surface area contributed by atoms with E-state index in [-0.39, 0.29) is 6.04 Å². The second-order valence-corrected chi connectivity index (χ2v) is 4.49. The lowest BCUT2D eigenvalue weighted by molar-refractivity contribution is 0.414. The molecule has 1 unspecified atom stereocenters. The van der Waals surface area contributed by atoms with E-state index < -0.39 is 0 Å². The Morgan fingerprint density at radius 3 is 2.25 bits per heavy atom. The molecule has 16 heavy (non-hydrogen) atoms. The molecule has 0 fully saturated rings. The van der Waals surface area contributed by atoms with Gasteiger partial charge in [0.15, 0.2) is 0 Å². The molecule has 1 aromatic carbocycles. The number of ether oxygens (including phenoxy) is 1. The molecule has 0 radical (unpaired) electrons. The molecule has 2 N–H and O–H groups in total. The van der Waals surface area contributed by atoms with Crippen LogP contribution < -0.4 is 10.5 Å². The molecule has 1 rings (SSSR count). The zero-order valence-corrected chi connectivity index (χ0v) is 10.8. The fourth-order valence-electron chi connectivity index (χ4n) is 2.13. The molecule has 1 aromatic rings. The number of aryl methyl sites for hydroxylation is 2. The van der Waals surface area contributed by atoms with Crippen molar-refractivity contribution in [2.75, 3.05) is 7.11 Å². The van der Waals surface area contributed by atoms with Crippen LogP contribution in [0.15, 0.2) is 12.1 Å². The Balaban J connectivity index is 2.87. The van der Waals surface area contributed by atoms with E-state index in [0.717, 1.165) is 25.0 Å². The number of methoxy groups -OCH3 is 1. The minimum absolute atomic E-state index is 0.274. The predicted molar refractivity (Wildman–Crippen MR) is 69.1 cm³/mol. The minimum atomic E-state index is 0.274. The van der Waals surface area contributed by atoms with Gasteiger partial charge in [-0.15, -0.1) is 0 Å². The highest BCUT2D eigenvalue weighted by atomic mass is 16.5. The van der Waals surface area contributed by atoms with Crippen LogP contribution in [0.4, 0.5) is 0 Å². The van der Waals surface area contributed by atoms with Gasteiger partial charge in [0.1, 0.15) is 5.75 Å². The van der Waals surface area contributed by atoms with E-state index in [0.29, 0.717) is 0 Å². The Kier molecular flexibility index (Phi) is 4.81. The van der Waals surface area contributed by atoms with Crippen LogP contribution >= 0.6 is 0 Å². The standard InChI is InChI=1S/C14H23NO/c1-5-6-12(15)9-14-10(2)7-13(16-4)8-11(14)3/h7-8,12H,5-6,9,15H2,1-4H3. The van der Waals surface area contributed by atoms with Gasteiger partial charge in [0.2, 0.25) is 0 Å². The van der Waals surface area contributed by atoms with Crippen LogP contribution in [0, 0.1) is 13.8 Å². The van der Waals surface area contributed by atoms with Gasteiger partial charge in [-0.1, -0.05) is 13.3 Å². The lowest BCUT2D eigenvalue weighted by atomic mass is 9.94. The predicted octanol–water partition coefficient (Wildman–Crippen LogP) is 2.98. The fraction of sp³-hybridized carbons (Fsp3) is 0.571. The van der Waals surface area contributed by atoms with Crippen LogP contribution in [0.2, 0.25) is 0 Å². The van der Waals surface area contributed by atoms with Gasteiger partial charge in [0.25, 0.3) is 0 Å². The molecule has 0 spiro atoms. The SMILES string of the molecule is CCCC(N)Cc1c(C)cc(OC)cc1C. The van der Waals surface area contributed by atoms with Crippen molar-refractivity contribution >= 4 is 0 Å². The number of hydrogen-bond acceptors (Lipinski definition) is 2. The Morgan fingerprint density at radius 2 is 1.81 bits per heavy atom. The first kappa shape index (κ1) is 13.0. The Hall–Kier alpha value is -1.02. The fourth-order valence-corrected chi connectivity index (χ4v) is 2.13. The Bertz CT molecular complexity index is 324. The summed E-state index contributed by atoms with van der Waals surface area (Å²) in [5.74, 6) is 0.933. The van der Waals surface area contributed by atoms with Crippen molar-refractivity contribution in [3.8, 4) is 5.75 Å². The summed E-state index contributed by atoms with van der Waals surface area (Å²) in [6, 6.07) is 4.44. The summed E-state index contributed by atoms with van der Waals surface area (Å²) in [6.45, 7) is 6.43. The van der Waals surface area contributed by atoms with Gasteiger partial charge < -0.3 is 10.5 Å². The monoisotopic (exact) mass is 221 g/mol. The molecule has 0 saturated carbocycles. The van der Waals surface area contributed by atoms with Crippen LogP contribution in [0.3, 0.4) is 0 Å². The number of benzene rings is 1. The third-order valence-electron chi connectivity index (χ3n) is 3.03. The summed E-state index contributed by atoms with van der Waals surface area (Å²) < 4.78 is 5.25. The average molecular weight is 221 g/mol. The van der Waals surface area contributed by atoms with E-state index >= 15 is 0 Å². The summed E-state index contributed by atoms with van der Waals surface area (Å²) in [4.78, 5) is 0. The van der Waals surface area contributed by atoms with E-state index in [1.807, 2.05) is 0 Å². The highest BCUT2D eigenvalue weighted by molar-refractivity contribution is 5.41. The number of rotatable bonds is 5. The summed E-state index contributed by atoms with van der Waals surface area (Å²) >= 11 is 0. The van der Waals surface area contributed by atoms with E-state index in [1.54, 1.807) is 7.11 Å². The molecule has 0 heterocycles. The van der Waals surface area contributed by atoms with Gasteiger partial charge >= 0.3 is 0 Å². The van der Waals surface area contributed by atoms with Gasteiger partial charge in [-0.25, -0.2) is 0 Å². The van der Waals surface area contributed by atoms with Crippen LogP contribution in [-0.4, -0.2) is 13.2 Å². The Labute approximate surface area is 98.8 Å². The van der Waals surface area contributed by atoms with Crippen LogP contribution in [0.1, 0.15) is 36.5 Å². The molecule has 0 aliphatic rings. The molecule has 0 saturated heterocycles. The third-order valence-corrected chi connectivity index (χ3v) is 3.03. The topological polar surface area (TPSA) is 35.2 Å². The lowest BCUT2D eigenvalue weighted by Crippen LogP contribution is -2.23. The van der Waals surface area contributed by atoms with Gasteiger partial charge in [-0.2, -0.15) is 0 Å². The van der Waals surface area contributed by atoms with E-state index in [9.17, 15) is 0 Å². The number of hydrogen-bond donors (Lipinski definition) is 1. The van der Waals surface area contributed by atoms with Crippen molar-refractivity contribution in [1.82, 2.24) is 0 Å². The molecule has 0 aromatic heterocycles. The first-order valence-electron chi connectivity index (χ1n) is 5.98. The maximum atomic E-state index is 6.09. The number of nitrogens with two attached hydrogens (primary N) is 1. The van der Waals surface area contributed by atoms with Crippen LogP contribution in [0.25, 0.3) is 0 Å². The summed E-state index contributed by atoms with van der Waals surface area (Å²) in [5, 5.41) is 0. The molecule has 2 heteroatoms. The molecule has 0 amide bonds. The summed E-state index contributed by atoms with van der Waals surface area (Å²) in [5.41, 5.74) is 10.0. The van der Waals surface area contributed by atoms with Crippen molar-refractivity contribution in [1.29, 1.82) is 0 Å². The Morgan fingerprint density at radius 1 is 1.25 bits per heavy atom. The van der Waals surface area contributed by atoms with E-state index in [1.165, 1.54) is 16.7 Å². The smallest absolute Gasteiger partial charge is 0.119 e. The third kappa shape index (κ3) is 3.24. The highest BCUT2D eigenvalue weighted by Crippen LogP contribution is 2.23. The van der Waals surface area contributed by atoms with Gasteiger partial charge in [0, 0.05) is 6.04 Å². The summed E-state index contributed by atoms with van der Waals surface area (Å²) in [7, 11) is 1.71. The second kappa shape index (κ2) is 5.90. The highest BCUT2D eigenvalue weighted by Gasteiger charge is 2.09. The van der Waals surface area contributed by atoms with Crippen molar-refractivity contribution in [2.24, 2.45) is 5.73 Å². The maximum absolute atomic E-state index is 6.09. The molecular formula is C14H23NO. The largest absolute Gasteiger partial charge is 0.497 e. The molecule has 1 atom stereocenters. The van der Waals surface area contributed by atoms with E-state index in [4.69, 9.17) is 10.5 Å². The maximum Gasteiger partial charge on any atom is 0.119 e. The quantitative estimate of drug-likeness (QED) is 0.829. The molecule has 0 aliphatic carbocycles. The lowest BCUT2D eigenvalue weighted by Gasteiger charge is -2.16. The normalized spacial score (nSPS) is 12.6. The average Bonchev–Trinajstić information content (AvgIpc) is 2.23. The van der Waals surface area contributed by atoms with Gasteiger partial charge in [0.05, 0.1) is 7.11 Å². The zero-order valence-electron chi connectivity index (χ0n) is 10.8. The zero-order chi connectivity index (χ0) is 12.1. The van der Waals surface area contributed by atoms with Gasteiger partial charge in [-0.3, -0.25) is 0 Å². The van der Waals surface area contributed by atoms with Crippen molar-refractivity contribution in [3.63, 3.8) is 0 Å². The van der Waals surface area contributed by atoms with E-state index in [2.05, 4.69) is 32.9 Å². The first-order chi connectivity index (χ1) is 7.58. The molecule has 90 valence electrons. The van der Waals surface area contributed by atoms with Crippen LogP contribution in [-0.2, 0) is 6.42 Å². The van der Waals surface area contributed by atoms with Crippen molar-refractivity contribution < 1.29 is 4.74 Å². The summed E-state index contributed by atoms with van der Waals surface area (Å²) in [6.07, 6.45) is 3.20. The molecule has 0 bridgehead atoms. The minimum Gasteiger partial charge on any atom is -0.497 e. The van der Waals surface area contributed by atoms with Crippen molar-refractivity contribution in [3.05, 3.63) is 28.8 Å². The van der Waals surface area contributed by atoms with Crippen LogP contribution in [0.5, 0.6) is 5.75 Å². The second-order valence-electron chi connectivity index (χ2n) is 4.49. The molecule has 2 nitrogen and oxygen atoms in total. The first-order valence-corrected chi connectivity index (χ1v) is 5.98. The molecule has 0 aliphatic heterocycles.